The van der Waals surface area contributed by atoms with Gasteiger partial charge >= 0.3 is 0 Å². The Morgan fingerprint density at radius 2 is 2.07 bits per heavy atom. The van der Waals surface area contributed by atoms with E-state index < -0.39 is 0 Å². The van der Waals surface area contributed by atoms with Gasteiger partial charge in [-0.15, -0.1) is 0 Å². The minimum absolute atomic E-state index is 0.0558. The maximum Gasteiger partial charge on any atom is 0.270 e. The molecule has 0 bridgehead atoms. The number of carbonyl (C=O) groups excluding carboxylic acids is 1. The van der Waals surface area contributed by atoms with Gasteiger partial charge < -0.3 is 15.4 Å². The van der Waals surface area contributed by atoms with E-state index in [-0.39, 0.29) is 12.0 Å². The zero-order valence-electron chi connectivity index (χ0n) is 16.6. The van der Waals surface area contributed by atoms with Crippen molar-refractivity contribution < 1.29 is 9.53 Å². The Labute approximate surface area is 166 Å². The number of para-hydroxylation sites is 2. The third-order valence-electron chi connectivity index (χ3n) is 4.50. The van der Waals surface area contributed by atoms with E-state index in [1.54, 1.807) is 12.3 Å². The largest absolute Gasteiger partial charge is 0.489 e. The van der Waals surface area contributed by atoms with Gasteiger partial charge in [-0.1, -0.05) is 23.8 Å². The second kappa shape index (κ2) is 9.88. The number of hydrogen-bond acceptors (Lipinski definition) is 5. The van der Waals surface area contributed by atoms with Crippen molar-refractivity contribution >= 4 is 17.5 Å². The SMILES string of the molecule is CC(C)Oc1ccccc1Nc1nccc(C(=O)NCCC2=CCCCC2)n1. The Balaban J connectivity index is 1.60. The summed E-state index contributed by atoms with van der Waals surface area (Å²) in [7, 11) is 0. The van der Waals surface area contributed by atoms with Crippen LogP contribution in [0.3, 0.4) is 0 Å². The Kier molecular flexibility index (Phi) is 7.00. The van der Waals surface area contributed by atoms with E-state index in [0.29, 0.717) is 18.2 Å². The van der Waals surface area contributed by atoms with Crippen molar-refractivity contribution in [2.75, 3.05) is 11.9 Å². The standard InChI is InChI=1S/C22H28N4O2/c1-16(2)28-20-11-7-6-10-18(20)25-22-24-15-13-19(26-22)21(27)23-14-12-17-8-4-3-5-9-17/h6-8,10-11,13,15-16H,3-5,9,12,14H2,1-2H3,(H,23,27)(H,24,25,26). The van der Waals surface area contributed by atoms with Crippen molar-refractivity contribution in [3.63, 3.8) is 0 Å². The highest BCUT2D eigenvalue weighted by atomic mass is 16.5. The van der Waals surface area contributed by atoms with E-state index in [9.17, 15) is 4.79 Å². The van der Waals surface area contributed by atoms with Gasteiger partial charge in [0, 0.05) is 12.7 Å². The number of anilines is 2. The molecule has 0 radical (unpaired) electrons. The first kappa shape index (κ1) is 19.9. The molecule has 1 aromatic carbocycles. The summed E-state index contributed by atoms with van der Waals surface area (Å²) >= 11 is 0. The van der Waals surface area contributed by atoms with Crippen LogP contribution < -0.4 is 15.4 Å². The fourth-order valence-corrected chi connectivity index (χ4v) is 3.15. The first-order valence-electron chi connectivity index (χ1n) is 9.93. The summed E-state index contributed by atoms with van der Waals surface area (Å²) in [5, 5.41) is 6.10. The molecule has 0 aliphatic heterocycles. The van der Waals surface area contributed by atoms with E-state index in [0.717, 1.165) is 30.7 Å². The molecule has 0 spiro atoms. The predicted octanol–water partition coefficient (Wildman–Crippen LogP) is 4.63. The Hall–Kier alpha value is -2.89. The molecule has 28 heavy (non-hydrogen) atoms. The molecule has 1 aliphatic carbocycles. The normalized spacial score (nSPS) is 13.8. The van der Waals surface area contributed by atoms with Crippen molar-refractivity contribution in [1.29, 1.82) is 0 Å². The summed E-state index contributed by atoms with van der Waals surface area (Å²) in [5.41, 5.74) is 2.55. The van der Waals surface area contributed by atoms with Gasteiger partial charge in [-0.25, -0.2) is 9.97 Å². The highest BCUT2D eigenvalue weighted by Crippen LogP contribution is 2.27. The average molecular weight is 380 g/mol. The first-order chi connectivity index (χ1) is 13.6. The van der Waals surface area contributed by atoms with Gasteiger partial charge in [-0.3, -0.25) is 4.79 Å². The maximum absolute atomic E-state index is 12.4. The number of rotatable bonds is 8. The number of allylic oxidation sites excluding steroid dienone is 1. The second-order valence-electron chi connectivity index (χ2n) is 7.17. The van der Waals surface area contributed by atoms with Crippen LogP contribution in [0.2, 0.25) is 0 Å². The molecule has 1 amide bonds. The van der Waals surface area contributed by atoms with Crippen LogP contribution in [0.15, 0.2) is 48.2 Å². The van der Waals surface area contributed by atoms with Gasteiger partial charge in [-0.2, -0.15) is 0 Å². The summed E-state index contributed by atoms with van der Waals surface area (Å²) in [4.78, 5) is 21.0. The minimum atomic E-state index is -0.187. The molecule has 1 heterocycles. The molecule has 1 aromatic heterocycles. The second-order valence-corrected chi connectivity index (χ2v) is 7.17. The van der Waals surface area contributed by atoms with E-state index in [2.05, 4.69) is 26.7 Å². The lowest BCUT2D eigenvalue weighted by atomic mass is 9.97. The highest BCUT2D eigenvalue weighted by Gasteiger charge is 2.11. The van der Waals surface area contributed by atoms with Gasteiger partial charge in [-0.05, 0) is 64.2 Å². The van der Waals surface area contributed by atoms with Crippen LogP contribution in [0.25, 0.3) is 0 Å². The van der Waals surface area contributed by atoms with Gasteiger partial charge in [0.1, 0.15) is 11.4 Å². The van der Waals surface area contributed by atoms with Crippen molar-refractivity contribution in [3.8, 4) is 5.75 Å². The van der Waals surface area contributed by atoms with E-state index in [1.165, 1.54) is 18.4 Å². The quantitative estimate of drug-likeness (QED) is 0.653. The topological polar surface area (TPSA) is 76.1 Å². The van der Waals surface area contributed by atoms with E-state index >= 15 is 0 Å². The lowest BCUT2D eigenvalue weighted by Crippen LogP contribution is -2.26. The first-order valence-corrected chi connectivity index (χ1v) is 9.93. The number of nitrogens with zero attached hydrogens (tertiary/aromatic N) is 2. The smallest absolute Gasteiger partial charge is 0.270 e. The molecule has 2 aromatic rings. The summed E-state index contributed by atoms with van der Waals surface area (Å²) in [5.74, 6) is 0.896. The van der Waals surface area contributed by atoms with Crippen LogP contribution in [-0.4, -0.2) is 28.5 Å². The molecule has 0 atom stereocenters. The molecule has 6 nitrogen and oxygen atoms in total. The van der Waals surface area contributed by atoms with Gasteiger partial charge in [0.15, 0.2) is 0 Å². The molecule has 0 saturated carbocycles. The van der Waals surface area contributed by atoms with Crippen molar-refractivity contribution in [3.05, 3.63) is 53.9 Å². The predicted molar refractivity (Wildman–Crippen MR) is 111 cm³/mol. The van der Waals surface area contributed by atoms with E-state index in [4.69, 9.17) is 4.74 Å². The Bertz CT molecular complexity index is 833. The number of ether oxygens (including phenoxy) is 1. The van der Waals surface area contributed by atoms with Crippen molar-refractivity contribution in [1.82, 2.24) is 15.3 Å². The highest BCUT2D eigenvalue weighted by molar-refractivity contribution is 5.92. The number of amides is 1. The maximum atomic E-state index is 12.4. The summed E-state index contributed by atoms with van der Waals surface area (Å²) in [6, 6.07) is 9.23. The lowest BCUT2D eigenvalue weighted by molar-refractivity contribution is 0.0949. The molecule has 2 N–H and O–H groups in total. The molecule has 0 fully saturated rings. The van der Waals surface area contributed by atoms with Gasteiger partial charge in [0.25, 0.3) is 5.91 Å². The molecule has 0 saturated heterocycles. The molecular weight excluding hydrogens is 352 g/mol. The average Bonchev–Trinajstić information content (AvgIpc) is 2.70. The van der Waals surface area contributed by atoms with Crippen LogP contribution in [0.5, 0.6) is 5.75 Å². The van der Waals surface area contributed by atoms with Gasteiger partial charge in [0.05, 0.1) is 11.8 Å². The van der Waals surface area contributed by atoms with Crippen LogP contribution in [-0.2, 0) is 0 Å². The van der Waals surface area contributed by atoms with Crippen LogP contribution >= 0.6 is 0 Å². The zero-order valence-corrected chi connectivity index (χ0v) is 16.6. The zero-order chi connectivity index (χ0) is 19.8. The molecule has 3 rings (SSSR count). The van der Waals surface area contributed by atoms with E-state index in [1.807, 2.05) is 38.1 Å². The minimum Gasteiger partial charge on any atom is -0.489 e. The Morgan fingerprint density at radius 3 is 2.86 bits per heavy atom. The summed E-state index contributed by atoms with van der Waals surface area (Å²) in [6.07, 6.45) is 9.68. The van der Waals surface area contributed by atoms with Crippen molar-refractivity contribution in [2.45, 2.75) is 52.1 Å². The Morgan fingerprint density at radius 1 is 1.21 bits per heavy atom. The van der Waals surface area contributed by atoms with Crippen LogP contribution in [0.1, 0.15) is 56.4 Å². The third kappa shape index (κ3) is 5.81. The summed E-state index contributed by atoms with van der Waals surface area (Å²) < 4.78 is 5.80. The molecule has 1 aliphatic rings. The van der Waals surface area contributed by atoms with Gasteiger partial charge in [0.2, 0.25) is 5.95 Å². The molecular formula is C22H28N4O2. The van der Waals surface area contributed by atoms with Crippen molar-refractivity contribution in [2.24, 2.45) is 0 Å². The molecule has 6 heteroatoms. The monoisotopic (exact) mass is 380 g/mol. The van der Waals surface area contributed by atoms with Crippen LogP contribution in [0, 0.1) is 0 Å². The number of nitrogens with one attached hydrogen (secondary N) is 2. The lowest BCUT2D eigenvalue weighted by Gasteiger charge is -2.15. The molecule has 148 valence electrons. The molecule has 0 unspecified atom stereocenters. The fourth-order valence-electron chi connectivity index (χ4n) is 3.15. The number of aromatic nitrogens is 2. The third-order valence-corrected chi connectivity index (χ3v) is 4.50. The number of carbonyl (C=O) groups is 1. The fraction of sp³-hybridized carbons (Fsp3) is 0.409. The summed E-state index contributed by atoms with van der Waals surface area (Å²) in [6.45, 7) is 4.58. The number of benzene rings is 1. The van der Waals surface area contributed by atoms with Crippen LogP contribution in [0.4, 0.5) is 11.6 Å². The number of hydrogen-bond donors (Lipinski definition) is 2.